The zero-order valence-electron chi connectivity index (χ0n) is 11.7. The molecule has 1 unspecified atom stereocenters. The van der Waals surface area contributed by atoms with Crippen LogP contribution < -0.4 is 5.32 Å². The second-order valence-electron chi connectivity index (χ2n) is 5.03. The van der Waals surface area contributed by atoms with Crippen molar-refractivity contribution in [2.24, 2.45) is 0 Å². The third-order valence-corrected chi connectivity index (χ3v) is 3.26. The first-order chi connectivity index (χ1) is 10.3. The van der Waals surface area contributed by atoms with Crippen molar-refractivity contribution in [1.82, 2.24) is 0 Å². The van der Waals surface area contributed by atoms with Crippen molar-refractivity contribution >= 4 is 5.69 Å². The van der Waals surface area contributed by atoms with Crippen LogP contribution in [-0.2, 0) is 6.42 Å². The molecule has 0 bridgehead atoms. The third kappa shape index (κ3) is 4.19. The summed E-state index contributed by atoms with van der Waals surface area (Å²) in [6.07, 6.45) is -4.89. The van der Waals surface area contributed by atoms with Crippen molar-refractivity contribution in [2.45, 2.75) is 25.6 Å². The molecule has 6 heteroatoms. The molecule has 0 saturated heterocycles. The van der Waals surface area contributed by atoms with Crippen LogP contribution >= 0.6 is 0 Å². The van der Waals surface area contributed by atoms with Crippen LogP contribution in [0.5, 0.6) is 0 Å². The first kappa shape index (κ1) is 16.3. The number of nitrogens with one attached hydrogen (secondary N) is 1. The molecule has 0 radical (unpaired) electrons. The zero-order chi connectivity index (χ0) is 16.3. The maximum absolute atomic E-state index is 13.4. The minimum Gasteiger partial charge on any atom is -0.374 e. The lowest BCUT2D eigenvalue weighted by Crippen LogP contribution is -2.38. The highest BCUT2D eigenvalue weighted by Gasteiger charge is 2.39. The number of anilines is 1. The van der Waals surface area contributed by atoms with Gasteiger partial charge in [0.2, 0.25) is 0 Å². The van der Waals surface area contributed by atoms with Crippen molar-refractivity contribution < 1.29 is 22.0 Å². The van der Waals surface area contributed by atoms with E-state index in [1.165, 1.54) is 31.2 Å². The predicted octanol–water partition coefficient (Wildman–Crippen LogP) is 4.86. The van der Waals surface area contributed by atoms with Crippen LogP contribution in [-0.4, -0.2) is 12.2 Å². The predicted molar refractivity (Wildman–Crippen MR) is 74.7 cm³/mol. The number of halogens is 5. The Morgan fingerprint density at radius 2 is 1.64 bits per heavy atom. The van der Waals surface area contributed by atoms with Crippen LogP contribution in [0.2, 0.25) is 0 Å². The smallest absolute Gasteiger partial charge is 0.374 e. The molecular formula is C16H14F5N. The van der Waals surface area contributed by atoms with E-state index in [-0.39, 0.29) is 12.1 Å². The highest BCUT2D eigenvalue weighted by molar-refractivity contribution is 5.46. The van der Waals surface area contributed by atoms with E-state index in [0.717, 1.165) is 18.2 Å². The Labute approximate surface area is 124 Å². The lowest BCUT2D eigenvalue weighted by atomic mass is 10.0. The number of benzene rings is 2. The molecule has 22 heavy (non-hydrogen) atoms. The molecule has 0 saturated carbocycles. The second kappa shape index (κ2) is 6.34. The fourth-order valence-electron chi connectivity index (χ4n) is 1.99. The van der Waals surface area contributed by atoms with Gasteiger partial charge in [0.1, 0.15) is 17.7 Å². The van der Waals surface area contributed by atoms with Crippen LogP contribution in [0.4, 0.5) is 27.6 Å². The molecule has 0 aliphatic heterocycles. The van der Waals surface area contributed by atoms with Gasteiger partial charge in [0, 0.05) is 12.1 Å². The van der Waals surface area contributed by atoms with Crippen LogP contribution in [0.3, 0.4) is 0 Å². The molecule has 118 valence electrons. The van der Waals surface area contributed by atoms with Crippen LogP contribution in [0, 0.1) is 18.6 Å². The highest BCUT2D eigenvalue weighted by Crippen LogP contribution is 2.27. The first-order valence-corrected chi connectivity index (χ1v) is 6.59. The Morgan fingerprint density at radius 1 is 1.00 bits per heavy atom. The van der Waals surface area contributed by atoms with E-state index in [0.29, 0.717) is 11.1 Å². The van der Waals surface area contributed by atoms with E-state index < -0.39 is 23.9 Å². The van der Waals surface area contributed by atoms with Crippen molar-refractivity contribution in [3.05, 3.63) is 65.2 Å². The SMILES string of the molecule is Cc1ccc(NC(Cc2ccc(F)cc2)C(F)(F)F)cc1F. The van der Waals surface area contributed by atoms with E-state index in [2.05, 4.69) is 5.32 Å². The van der Waals surface area contributed by atoms with Gasteiger partial charge < -0.3 is 5.32 Å². The minimum atomic E-state index is -4.52. The number of alkyl halides is 3. The molecule has 1 atom stereocenters. The van der Waals surface area contributed by atoms with Crippen LogP contribution in [0.1, 0.15) is 11.1 Å². The maximum Gasteiger partial charge on any atom is 0.408 e. The summed E-state index contributed by atoms with van der Waals surface area (Å²) in [4.78, 5) is 0. The maximum atomic E-state index is 13.4. The normalized spacial score (nSPS) is 13.0. The Hall–Kier alpha value is -2.11. The van der Waals surface area contributed by atoms with Gasteiger partial charge in [-0.1, -0.05) is 18.2 Å². The number of rotatable bonds is 4. The Bertz CT molecular complexity index is 634. The molecule has 1 N–H and O–H groups in total. The van der Waals surface area contributed by atoms with Gasteiger partial charge in [-0.05, 0) is 42.3 Å². The Balaban J connectivity index is 2.19. The fourth-order valence-corrected chi connectivity index (χ4v) is 1.99. The number of hydrogen-bond acceptors (Lipinski definition) is 1. The summed E-state index contributed by atoms with van der Waals surface area (Å²) in [6.45, 7) is 1.53. The summed E-state index contributed by atoms with van der Waals surface area (Å²) < 4.78 is 65.6. The standard InChI is InChI=1S/C16H14F5N/c1-10-2-7-13(9-14(10)18)22-15(16(19,20)21)8-11-3-5-12(17)6-4-11/h2-7,9,15,22H,8H2,1H3. The van der Waals surface area contributed by atoms with Gasteiger partial charge in [0.05, 0.1) is 0 Å². The van der Waals surface area contributed by atoms with E-state index >= 15 is 0 Å². The molecule has 0 heterocycles. The number of aryl methyl sites for hydroxylation is 1. The van der Waals surface area contributed by atoms with Crippen molar-refractivity contribution in [1.29, 1.82) is 0 Å². The topological polar surface area (TPSA) is 12.0 Å². The first-order valence-electron chi connectivity index (χ1n) is 6.59. The fraction of sp³-hybridized carbons (Fsp3) is 0.250. The second-order valence-corrected chi connectivity index (χ2v) is 5.03. The molecule has 2 aromatic rings. The molecule has 0 fully saturated rings. The van der Waals surface area contributed by atoms with Crippen molar-refractivity contribution in [3.8, 4) is 0 Å². The highest BCUT2D eigenvalue weighted by atomic mass is 19.4. The molecule has 2 aromatic carbocycles. The molecule has 0 aromatic heterocycles. The molecule has 2 rings (SSSR count). The Kier molecular flexibility index (Phi) is 4.68. The van der Waals surface area contributed by atoms with Gasteiger partial charge in [-0.25, -0.2) is 8.78 Å². The molecule has 0 aliphatic rings. The lowest BCUT2D eigenvalue weighted by Gasteiger charge is -2.23. The summed E-state index contributed by atoms with van der Waals surface area (Å²) in [5.41, 5.74) is 0.740. The quantitative estimate of drug-likeness (QED) is 0.795. The van der Waals surface area contributed by atoms with Crippen molar-refractivity contribution in [3.63, 3.8) is 0 Å². The van der Waals surface area contributed by atoms with E-state index in [1.807, 2.05) is 0 Å². The zero-order valence-corrected chi connectivity index (χ0v) is 11.7. The van der Waals surface area contributed by atoms with Crippen LogP contribution in [0.25, 0.3) is 0 Å². The van der Waals surface area contributed by atoms with Gasteiger partial charge in [0.15, 0.2) is 0 Å². The van der Waals surface area contributed by atoms with E-state index in [1.54, 1.807) is 0 Å². The largest absolute Gasteiger partial charge is 0.408 e. The molecule has 1 nitrogen and oxygen atoms in total. The van der Waals surface area contributed by atoms with Crippen molar-refractivity contribution in [2.75, 3.05) is 5.32 Å². The van der Waals surface area contributed by atoms with E-state index in [9.17, 15) is 22.0 Å². The monoisotopic (exact) mass is 315 g/mol. The minimum absolute atomic E-state index is 0.0486. The van der Waals surface area contributed by atoms with Gasteiger partial charge in [-0.3, -0.25) is 0 Å². The average molecular weight is 315 g/mol. The summed E-state index contributed by atoms with van der Waals surface area (Å²) in [5.74, 6) is -1.09. The van der Waals surface area contributed by atoms with E-state index in [4.69, 9.17) is 0 Å². The van der Waals surface area contributed by atoms with Gasteiger partial charge in [-0.15, -0.1) is 0 Å². The van der Waals surface area contributed by atoms with Gasteiger partial charge in [-0.2, -0.15) is 13.2 Å². The molecule has 0 amide bonds. The average Bonchev–Trinajstić information content (AvgIpc) is 2.43. The lowest BCUT2D eigenvalue weighted by molar-refractivity contribution is -0.142. The summed E-state index contributed by atoms with van der Waals surface area (Å²) in [5, 5.41) is 2.29. The van der Waals surface area contributed by atoms with Gasteiger partial charge in [0.25, 0.3) is 0 Å². The Morgan fingerprint density at radius 3 is 2.18 bits per heavy atom. The van der Waals surface area contributed by atoms with Crippen LogP contribution in [0.15, 0.2) is 42.5 Å². The summed E-state index contributed by atoms with van der Waals surface area (Å²) in [7, 11) is 0. The van der Waals surface area contributed by atoms with Gasteiger partial charge >= 0.3 is 6.18 Å². The third-order valence-electron chi connectivity index (χ3n) is 3.26. The number of hydrogen-bond donors (Lipinski definition) is 1. The summed E-state index contributed by atoms with van der Waals surface area (Å²) >= 11 is 0. The molecule has 0 spiro atoms. The molecule has 0 aliphatic carbocycles. The summed E-state index contributed by atoms with van der Waals surface area (Å²) in [6, 6.07) is 6.74. The molecular weight excluding hydrogens is 301 g/mol.